The van der Waals surface area contributed by atoms with E-state index in [-0.39, 0.29) is 6.10 Å². The molecule has 2 heteroatoms. The molecule has 0 aliphatic heterocycles. The highest BCUT2D eigenvalue weighted by Crippen LogP contribution is 2.27. The van der Waals surface area contributed by atoms with Crippen LogP contribution < -0.4 is 4.74 Å². The van der Waals surface area contributed by atoms with Gasteiger partial charge >= 0.3 is 0 Å². The normalized spacial score (nSPS) is 14.2. The predicted molar refractivity (Wildman–Crippen MR) is 66.7 cm³/mol. The maximum atomic E-state index is 9.67. The molecule has 0 aliphatic rings. The van der Waals surface area contributed by atoms with Crippen LogP contribution in [0.4, 0.5) is 0 Å². The number of benzene rings is 1. The molecule has 0 amide bonds. The van der Waals surface area contributed by atoms with Gasteiger partial charge in [0.15, 0.2) is 0 Å². The smallest absolute Gasteiger partial charge is 0.125 e. The molecule has 2 atom stereocenters. The van der Waals surface area contributed by atoms with Crippen LogP contribution >= 0.6 is 0 Å². The van der Waals surface area contributed by atoms with Crippen molar-refractivity contribution >= 4 is 0 Å². The van der Waals surface area contributed by atoms with E-state index in [0.717, 1.165) is 23.3 Å². The molecule has 2 unspecified atom stereocenters. The molecular formula is C14H20O2. The first-order chi connectivity index (χ1) is 7.54. The van der Waals surface area contributed by atoms with E-state index in [4.69, 9.17) is 4.74 Å². The summed E-state index contributed by atoms with van der Waals surface area (Å²) >= 11 is 0. The maximum Gasteiger partial charge on any atom is 0.125 e. The second-order valence-corrected chi connectivity index (χ2v) is 4.17. The van der Waals surface area contributed by atoms with Crippen LogP contribution in [0.5, 0.6) is 5.75 Å². The van der Waals surface area contributed by atoms with E-state index in [1.54, 1.807) is 6.92 Å². The van der Waals surface area contributed by atoms with Gasteiger partial charge in [0.05, 0.1) is 12.2 Å². The molecule has 1 aromatic rings. The molecule has 88 valence electrons. The minimum Gasteiger partial charge on any atom is -0.490 e. The molecule has 0 radical (unpaired) electrons. The van der Waals surface area contributed by atoms with Gasteiger partial charge in [-0.25, -0.2) is 0 Å². The Bertz CT molecular complexity index is 356. The largest absolute Gasteiger partial charge is 0.490 e. The molecule has 0 bridgehead atoms. The van der Waals surface area contributed by atoms with Gasteiger partial charge in [0, 0.05) is 12.0 Å². The van der Waals surface area contributed by atoms with Gasteiger partial charge < -0.3 is 9.84 Å². The molecule has 1 N–H and O–H groups in total. The van der Waals surface area contributed by atoms with E-state index in [0.29, 0.717) is 0 Å². The summed E-state index contributed by atoms with van der Waals surface area (Å²) in [4.78, 5) is 0. The third kappa shape index (κ3) is 3.38. The number of hydrogen-bond donors (Lipinski definition) is 1. The Balaban J connectivity index is 2.90. The number of aliphatic hydroxyl groups excluding tert-OH is 1. The third-order valence-corrected chi connectivity index (χ3v) is 2.44. The fourth-order valence-corrected chi connectivity index (χ4v) is 1.60. The maximum absolute atomic E-state index is 9.67. The lowest BCUT2D eigenvalue weighted by Gasteiger charge is -2.18. The zero-order chi connectivity index (χ0) is 12.1. The van der Waals surface area contributed by atoms with Crippen molar-refractivity contribution in [2.45, 2.75) is 39.4 Å². The Labute approximate surface area is 97.6 Å². The van der Waals surface area contributed by atoms with Crippen molar-refractivity contribution in [2.75, 3.05) is 0 Å². The lowest BCUT2D eigenvalue weighted by molar-refractivity contribution is 0.179. The molecule has 0 aromatic heterocycles. The lowest BCUT2D eigenvalue weighted by atomic mass is 10.1. The zero-order valence-corrected chi connectivity index (χ0v) is 10.2. The van der Waals surface area contributed by atoms with Crippen molar-refractivity contribution in [1.82, 2.24) is 0 Å². The Morgan fingerprint density at radius 1 is 1.44 bits per heavy atom. The summed E-state index contributed by atoms with van der Waals surface area (Å²) in [6, 6.07) is 5.86. The number of hydrogen-bond acceptors (Lipinski definition) is 2. The summed E-state index contributed by atoms with van der Waals surface area (Å²) < 4.78 is 5.77. The monoisotopic (exact) mass is 220 g/mol. The highest BCUT2D eigenvalue weighted by Gasteiger charge is 2.11. The van der Waals surface area contributed by atoms with E-state index in [2.05, 4.69) is 6.58 Å². The summed E-state index contributed by atoms with van der Waals surface area (Å²) in [5, 5.41) is 9.67. The first-order valence-electron chi connectivity index (χ1n) is 5.60. The zero-order valence-electron chi connectivity index (χ0n) is 10.2. The Hall–Kier alpha value is -1.28. The number of aliphatic hydroxyl groups is 1. The molecule has 0 heterocycles. The highest BCUT2D eigenvalue weighted by atomic mass is 16.5. The van der Waals surface area contributed by atoms with E-state index in [1.165, 1.54) is 0 Å². The van der Waals surface area contributed by atoms with Crippen molar-refractivity contribution in [3.63, 3.8) is 0 Å². The molecule has 2 nitrogen and oxygen atoms in total. The standard InChI is InChI=1S/C14H20O2/c1-5-6-11(3)16-14-8-7-10(2)9-13(14)12(4)15/h5,7-9,11-12,15H,1,6H2,2-4H3. The van der Waals surface area contributed by atoms with Crippen LogP contribution in [0.2, 0.25) is 0 Å². The SMILES string of the molecule is C=CCC(C)Oc1ccc(C)cc1C(C)O. The van der Waals surface area contributed by atoms with Crippen molar-refractivity contribution in [1.29, 1.82) is 0 Å². The molecular weight excluding hydrogens is 200 g/mol. The van der Waals surface area contributed by atoms with Crippen LogP contribution in [-0.4, -0.2) is 11.2 Å². The predicted octanol–water partition coefficient (Wildman–Crippen LogP) is 3.39. The summed E-state index contributed by atoms with van der Waals surface area (Å²) in [5.74, 6) is 0.759. The molecule has 1 rings (SSSR count). The molecule has 0 fully saturated rings. The highest BCUT2D eigenvalue weighted by molar-refractivity contribution is 5.38. The summed E-state index contributed by atoms with van der Waals surface area (Å²) in [5.41, 5.74) is 1.97. The fraction of sp³-hybridized carbons (Fsp3) is 0.429. The summed E-state index contributed by atoms with van der Waals surface area (Å²) in [6.45, 7) is 9.43. The number of ether oxygens (including phenoxy) is 1. The topological polar surface area (TPSA) is 29.5 Å². The van der Waals surface area contributed by atoms with Gasteiger partial charge in [-0.2, -0.15) is 0 Å². The second-order valence-electron chi connectivity index (χ2n) is 4.17. The average molecular weight is 220 g/mol. The van der Waals surface area contributed by atoms with Gasteiger partial charge in [-0.1, -0.05) is 17.7 Å². The first kappa shape index (κ1) is 12.8. The van der Waals surface area contributed by atoms with Gasteiger partial charge in [-0.05, 0) is 32.9 Å². The average Bonchev–Trinajstić information content (AvgIpc) is 2.20. The van der Waals surface area contributed by atoms with Crippen LogP contribution in [-0.2, 0) is 0 Å². The van der Waals surface area contributed by atoms with Crippen LogP contribution in [0.25, 0.3) is 0 Å². The third-order valence-electron chi connectivity index (χ3n) is 2.44. The molecule has 0 saturated heterocycles. The first-order valence-corrected chi connectivity index (χ1v) is 5.60. The van der Waals surface area contributed by atoms with Crippen molar-refractivity contribution in [3.8, 4) is 5.75 Å². The van der Waals surface area contributed by atoms with Crippen LogP contribution in [0.1, 0.15) is 37.5 Å². The van der Waals surface area contributed by atoms with Crippen LogP contribution in [0, 0.1) is 6.92 Å². The van der Waals surface area contributed by atoms with Gasteiger partial charge in [-0.3, -0.25) is 0 Å². The van der Waals surface area contributed by atoms with Gasteiger partial charge in [-0.15, -0.1) is 6.58 Å². The quantitative estimate of drug-likeness (QED) is 0.771. The Morgan fingerprint density at radius 3 is 2.69 bits per heavy atom. The van der Waals surface area contributed by atoms with E-state index in [1.807, 2.05) is 38.1 Å². The second kappa shape index (κ2) is 5.71. The Kier molecular flexibility index (Phi) is 4.56. The van der Waals surface area contributed by atoms with Crippen molar-refractivity contribution in [2.24, 2.45) is 0 Å². The van der Waals surface area contributed by atoms with Gasteiger partial charge in [0.1, 0.15) is 5.75 Å². The van der Waals surface area contributed by atoms with Crippen LogP contribution in [0.15, 0.2) is 30.9 Å². The molecule has 16 heavy (non-hydrogen) atoms. The lowest BCUT2D eigenvalue weighted by Crippen LogP contribution is -2.12. The summed E-state index contributed by atoms with van der Waals surface area (Å²) in [6.07, 6.45) is 2.21. The summed E-state index contributed by atoms with van der Waals surface area (Å²) in [7, 11) is 0. The Morgan fingerprint density at radius 2 is 2.12 bits per heavy atom. The minimum absolute atomic E-state index is 0.0812. The van der Waals surface area contributed by atoms with E-state index < -0.39 is 6.10 Å². The van der Waals surface area contributed by atoms with Gasteiger partial charge in [0.25, 0.3) is 0 Å². The van der Waals surface area contributed by atoms with Gasteiger partial charge in [0.2, 0.25) is 0 Å². The van der Waals surface area contributed by atoms with Crippen LogP contribution in [0.3, 0.4) is 0 Å². The number of rotatable bonds is 5. The fourth-order valence-electron chi connectivity index (χ4n) is 1.60. The van der Waals surface area contributed by atoms with Crippen molar-refractivity contribution in [3.05, 3.63) is 42.0 Å². The molecule has 0 spiro atoms. The number of aryl methyl sites for hydroxylation is 1. The van der Waals surface area contributed by atoms with E-state index >= 15 is 0 Å². The minimum atomic E-state index is -0.508. The molecule has 1 aromatic carbocycles. The molecule has 0 aliphatic carbocycles. The van der Waals surface area contributed by atoms with E-state index in [9.17, 15) is 5.11 Å². The molecule has 0 saturated carbocycles. The van der Waals surface area contributed by atoms with Crippen molar-refractivity contribution < 1.29 is 9.84 Å².